The summed E-state index contributed by atoms with van der Waals surface area (Å²) in [5.41, 5.74) is 4.04. The first-order valence-electron chi connectivity index (χ1n) is 9.24. The number of fused-ring (bicyclic) bond motifs is 1. The van der Waals surface area contributed by atoms with E-state index in [4.69, 9.17) is 0 Å². The fourth-order valence-electron chi connectivity index (χ4n) is 3.28. The van der Waals surface area contributed by atoms with E-state index in [0.717, 1.165) is 22.2 Å². The van der Waals surface area contributed by atoms with Gasteiger partial charge in [0.15, 0.2) is 0 Å². The van der Waals surface area contributed by atoms with Crippen molar-refractivity contribution in [1.29, 1.82) is 0 Å². The van der Waals surface area contributed by atoms with Crippen molar-refractivity contribution in [3.05, 3.63) is 100 Å². The molecule has 0 saturated heterocycles. The number of rotatable bonds is 5. The monoisotopic (exact) mass is 371 g/mol. The van der Waals surface area contributed by atoms with Gasteiger partial charge in [0.2, 0.25) is 0 Å². The summed E-state index contributed by atoms with van der Waals surface area (Å²) in [6.45, 7) is 2.42. The van der Waals surface area contributed by atoms with Crippen molar-refractivity contribution in [2.45, 2.75) is 13.3 Å². The number of carbonyl (C=O) groups is 1. The number of aromatic amines is 1. The maximum Gasteiger partial charge on any atom is 0.251 e. The molecule has 0 spiro atoms. The van der Waals surface area contributed by atoms with Crippen LogP contribution in [0.2, 0.25) is 0 Å². The molecule has 2 aromatic carbocycles. The molecule has 0 saturated carbocycles. The van der Waals surface area contributed by atoms with Gasteiger partial charge in [-0.15, -0.1) is 0 Å². The molecule has 28 heavy (non-hydrogen) atoms. The van der Waals surface area contributed by atoms with E-state index in [1.807, 2.05) is 78.5 Å². The van der Waals surface area contributed by atoms with Gasteiger partial charge in [-0.2, -0.15) is 0 Å². The van der Waals surface area contributed by atoms with Gasteiger partial charge in [0.05, 0.1) is 0 Å². The first-order chi connectivity index (χ1) is 13.6. The highest BCUT2D eigenvalue weighted by molar-refractivity contribution is 5.94. The standard InChI is InChI=1S/C23H21N3O2/c1-16-7-8-21-19(13-16)14-18(23(28)25-21)9-10-24-22(27)17-5-4-6-20(15-17)26-11-2-3-12-26/h2-8,11-15H,9-10H2,1H3,(H,24,27)(H,25,28). The quantitative estimate of drug-likeness (QED) is 0.563. The molecule has 0 bridgehead atoms. The van der Waals surface area contributed by atoms with Crippen molar-refractivity contribution in [2.75, 3.05) is 6.54 Å². The Bertz CT molecular complexity index is 1190. The molecule has 0 radical (unpaired) electrons. The third-order valence-electron chi connectivity index (χ3n) is 4.77. The molecule has 0 atom stereocenters. The molecular formula is C23H21N3O2. The smallest absolute Gasteiger partial charge is 0.251 e. The number of nitrogens with zero attached hydrogens (tertiary/aromatic N) is 1. The normalized spacial score (nSPS) is 10.9. The van der Waals surface area contributed by atoms with Crippen LogP contribution in [0.3, 0.4) is 0 Å². The van der Waals surface area contributed by atoms with Crippen molar-refractivity contribution in [3.63, 3.8) is 0 Å². The highest BCUT2D eigenvalue weighted by Gasteiger charge is 2.08. The number of aromatic nitrogens is 2. The lowest BCUT2D eigenvalue weighted by Crippen LogP contribution is -2.27. The lowest BCUT2D eigenvalue weighted by atomic mass is 10.1. The van der Waals surface area contributed by atoms with Crippen molar-refractivity contribution < 1.29 is 4.79 Å². The number of amides is 1. The molecule has 2 N–H and O–H groups in total. The number of hydrogen-bond acceptors (Lipinski definition) is 2. The average molecular weight is 371 g/mol. The fourth-order valence-corrected chi connectivity index (χ4v) is 3.28. The van der Waals surface area contributed by atoms with Gasteiger partial charge in [-0.1, -0.05) is 17.7 Å². The van der Waals surface area contributed by atoms with E-state index in [9.17, 15) is 9.59 Å². The second-order valence-electron chi connectivity index (χ2n) is 6.86. The maximum absolute atomic E-state index is 12.5. The van der Waals surface area contributed by atoms with E-state index in [1.165, 1.54) is 0 Å². The molecule has 2 heterocycles. The van der Waals surface area contributed by atoms with Crippen LogP contribution in [-0.2, 0) is 6.42 Å². The van der Waals surface area contributed by atoms with Gasteiger partial charge in [-0.05, 0) is 67.3 Å². The maximum atomic E-state index is 12.5. The fraction of sp³-hybridized carbons (Fsp3) is 0.130. The molecule has 0 aliphatic heterocycles. The van der Waals surface area contributed by atoms with Crippen LogP contribution in [0.25, 0.3) is 16.6 Å². The Kier molecular flexibility index (Phi) is 4.81. The van der Waals surface area contributed by atoms with E-state index in [0.29, 0.717) is 24.1 Å². The number of pyridine rings is 1. The van der Waals surface area contributed by atoms with Gasteiger partial charge in [0.25, 0.3) is 11.5 Å². The van der Waals surface area contributed by atoms with Gasteiger partial charge in [0.1, 0.15) is 0 Å². The van der Waals surface area contributed by atoms with Crippen LogP contribution in [0.4, 0.5) is 0 Å². The lowest BCUT2D eigenvalue weighted by molar-refractivity contribution is 0.0954. The van der Waals surface area contributed by atoms with E-state index < -0.39 is 0 Å². The topological polar surface area (TPSA) is 66.9 Å². The minimum absolute atomic E-state index is 0.111. The van der Waals surface area contributed by atoms with Crippen LogP contribution in [0.15, 0.2) is 77.9 Å². The molecule has 4 rings (SSSR count). The molecule has 0 aliphatic rings. The first kappa shape index (κ1) is 17.8. The van der Waals surface area contributed by atoms with Crippen LogP contribution in [0, 0.1) is 6.92 Å². The number of carbonyl (C=O) groups excluding carboxylic acids is 1. The number of H-pyrrole nitrogens is 1. The second kappa shape index (κ2) is 7.56. The van der Waals surface area contributed by atoms with Gasteiger partial charge in [-0.3, -0.25) is 9.59 Å². The van der Waals surface area contributed by atoms with E-state index in [2.05, 4.69) is 10.3 Å². The second-order valence-corrected chi connectivity index (χ2v) is 6.86. The molecule has 1 amide bonds. The molecule has 4 aromatic rings. The van der Waals surface area contributed by atoms with Crippen molar-refractivity contribution in [3.8, 4) is 5.69 Å². The summed E-state index contributed by atoms with van der Waals surface area (Å²) in [6.07, 6.45) is 4.34. The summed E-state index contributed by atoms with van der Waals surface area (Å²) in [4.78, 5) is 27.7. The highest BCUT2D eigenvalue weighted by atomic mass is 16.1. The Morgan fingerprint density at radius 1 is 1.04 bits per heavy atom. The predicted molar refractivity (Wildman–Crippen MR) is 111 cm³/mol. The largest absolute Gasteiger partial charge is 0.352 e. The minimum atomic E-state index is -0.151. The zero-order chi connectivity index (χ0) is 19.5. The van der Waals surface area contributed by atoms with E-state index in [-0.39, 0.29) is 11.5 Å². The summed E-state index contributed by atoms with van der Waals surface area (Å²) in [7, 11) is 0. The zero-order valence-electron chi connectivity index (χ0n) is 15.6. The summed E-state index contributed by atoms with van der Waals surface area (Å²) in [5, 5.41) is 3.91. The summed E-state index contributed by atoms with van der Waals surface area (Å²) in [6, 6.07) is 19.2. The van der Waals surface area contributed by atoms with Gasteiger partial charge >= 0.3 is 0 Å². The predicted octanol–water partition coefficient (Wildman–Crippen LogP) is 3.60. The van der Waals surface area contributed by atoms with Crippen molar-refractivity contribution in [2.24, 2.45) is 0 Å². The van der Waals surface area contributed by atoms with Crippen molar-refractivity contribution in [1.82, 2.24) is 14.9 Å². The summed E-state index contributed by atoms with van der Waals surface area (Å²) < 4.78 is 1.95. The third kappa shape index (κ3) is 3.74. The molecule has 5 heteroatoms. The first-order valence-corrected chi connectivity index (χ1v) is 9.24. The highest BCUT2D eigenvalue weighted by Crippen LogP contribution is 2.14. The third-order valence-corrected chi connectivity index (χ3v) is 4.77. The molecular weight excluding hydrogens is 350 g/mol. The van der Waals surface area contributed by atoms with Crippen LogP contribution >= 0.6 is 0 Å². The average Bonchev–Trinajstić information content (AvgIpc) is 3.23. The van der Waals surface area contributed by atoms with E-state index >= 15 is 0 Å². The number of nitrogens with one attached hydrogen (secondary N) is 2. The van der Waals surface area contributed by atoms with Gasteiger partial charge in [0, 0.05) is 41.3 Å². The Morgan fingerprint density at radius 3 is 2.68 bits per heavy atom. The molecule has 0 aliphatic carbocycles. The van der Waals surface area contributed by atoms with Crippen LogP contribution in [0.1, 0.15) is 21.5 Å². The van der Waals surface area contributed by atoms with E-state index in [1.54, 1.807) is 6.07 Å². The molecule has 140 valence electrons. The molecule has 0 fully saturated rings. The number of hydrogen-bond donors (Lipinski definition) is 2. The Balaban J connectivity index is 1.45. The lowest BCUT2D eigenvalue weighted by Gasteiger charge is -2.08. The summed E-state index contributed by atoms with van der Waals surface area (Å²) in [5.74, 6) is -0.151. The number of benzene rings is 2. The van der Waals surface area contributed by atoms with Crippen LogP contribution < -0.4 is 10.9 Å². The Labute approximate surface area is 162 Å². The number of aryl methyl sites for hydroxylation is 1. The SMILES string of the molecule is Cc1ccc2[nH]c(=O)c(CCNC(=O)c3cccc(-n4cccc4)c3)cc2c1. The van der Waals surface area contributed by atoms with Crippen LogP contribution in [-0.4, -0.2) is 22.0 Å². The Morgan fingerprint density at radius 2 is 1.86 bits per heavy atom. The summed E-state index contributed by atoms with van der Waals surface area (Å²) >= 11 is 0. The van der Waals surface area contributed by atoms with Crippen LogP contribution in [0.5, 0.6) is 0 Å². The van der Waals surface area contributed by atoms with Gasteiger partial charge in [-0.25, -0.2) is 0 Å². The molecule has 0 unspecified atom stereocenters. The molecule has 5 nitrogen and oxygen atoms in total. The zero-order valence-corrected chi connectivity index (χ0v) is 15.6. The van der Waals surface area contributed by atoms with Crippen molar-refractivity contribution >= 4 is 16.8 Å². The van der Waals surface area contributed by atoms with Gasteiger partial charge < -0.3 is 14.9 Å². The minimum Gasteiger partial charge on any atom is -0.352 e. The molecule has 2 aromatic heterocycles. The Hall–Kier alpha value is -3.60.